The van der Waals surface area contributed by atoms with Crippen LogP contribution in [0.2, 0.25) is 0 Å². The summed E-state index contributed by atoms with van der Waals surface area (Å²) < 4.78 is 0. The number of aliphatic hydroxyl groups excluding tert-OH is 2. The highest BCUT2D eigenvalue weighted by atomic mass is 16.3. The number of aliphatic hydroxyl groups is 2. The highest BCUT2D eigenvalue weighted by Crippen LogP contribution is 2.10. The van der Waals surface area contributed by atoms with Crippen molar-refractivity contribution in [2.75, 3.05) is 6.61 Å². The molecule has 4 nitrogen and oxygen atoms in total. The minimum atomic E-state index is -0.887. The van der Waals surface area contributed by atoms with Gasteiger partial charge in [-0.15, -0.1) is 0 Å². The van der Waals surface area contributed by atoms with E-state index in [9.17, 15) is 15.0 Å². The van der Waals surface area contributed by atoms with Crippen LogP contribution < -0.4 is 5.32 Å². The van der Waals surface area contributed by atoms with E-state index in [2.05, 4.69) is 129 Å². The quantitative estimate of drug-likeness (QED) is 0.0430. The molecule has 0 aromatic heterocycles. The maximum Gasteiger partial charge on any atom is 0.220 e. The van der Waals surface area contributed by atoms with Gasteiger partial charge in [-0.1, -0.05) is 193 Å². The van der Waals surface area contributed by atoms with Gasteiger partial charge in [-0.05, 0) is 103 Å². The van der Waals surface area contributed by atoms with Crippen LogP contribution in [0.4, 0.5) is 0 Å². The third-order valence-corrected chi connectivity index (χ3v) is 9.41. The van der Waals surface area contributed by atoms with Crippen molar-refractivity contribution < 1.29 is 15.0 Å². The zero-order valence-corrected chi connectivity index (χ0v) is 36.1. The second-order valence-corrected chi connectivity index (χ2v) is 14.7. The minimum absolute atomic E-state index is 0.103. The molecule has 0 aromatic carbocycles. The molecule has 0 fully saturated rings. The van der Waals surface area contributed by atoms with E-state index in [0.29, 0.717) is 6.42 Å². The van der Waals surface area contributed by atoms with Crippen LogP contribution >= 0.6 is 0 Å². The van der Waals surface area contributed by atoms with Gasteiger partial charge < -0.3 is 15.5 Å². The molecule has 0 radical (unpaired) electrons. The van der Waals surface area contributed by atoms with E-state index in [1.54, 1.807) is 6.08 Å². The maximum absolute atomic E-state index is 12.4. The number of carbonyl (C=O) groups excluding carboxylic acids is 1. The molecule has 0 aliphatic heterocycles. The molecule has 0 spiro atoms. The molecule has 0 aliphatic rings. The lowest BCUT2D eigenvalue weighted by Gasteiger charge is -2.19. The van der Waals surface area contributed by atoms with Crippen LogP contribution in [0.5, 0.6) is 0 Å². The summed E-state index contributed by atoms with van der Waals surface area (Å²) in [7, 11) is 0. The Morgan fingerprint density at radius 1 is 0.446 bits per heavy atom. The normalized spacial score (nSPS) is 14.1. The molecule has 0 bridgehead atoms. The van der Waals surface area contributed by atoms with Gasteiger partial charge in [-0.2, -0.15) is 0 Å². The van der Waals surface area contributed by atoms with Crippen LogP contribution in [-0.2, 0) is 4.79 Å². The molecule has 0 rings (SSSR count). The van der Waals surface area contributed by atoms with Crippen LogP contribution in [0.3, 0.4) is 0 Å². The molecule has 3 N–H and O–H groups in total. The topological polar surface area (TPSA) is 69.6 Å². The number of rotatable bonds is 39. The predicted molar refractivity (Wildman–Crippen MR) is 248 cm³/mol. The van der Waals surface area contributed by atoms with Crippen LogP contribution in [0.1, 0.15) is 181 Å². The lowest BCUT2D eigenvalue weighted by molar-refractivity contribution is -0.123. The first-order chi connectivity index (χ1) is 27.7. The number of allylic oxidation sites excluding steroid dienone is 19. The standard InChI is InChI=1S/C52H85NO3/c1-3-5-7-9-11-13-15-17-19-21-22-23-24-25-26-27-28-29-30-32-34-36-38-40-42-44-46-48-52(56)53-50(49-54)51(55)47-45-43-41-39-37-35-33-31-20-18-16-14-12-10-8-6-4-2/h5,7,11,13,17,19-20,22-23,25-26,28-29,31-32,34,37,39,45,47,50-51,54-55H,3-4,6,8-10,12,14-16,18,21,24,27,30,33,35-36,38,40-44,46,48-49H2,1-2H3,(H,53,56)/b7-5-,13-11-,19-17-,23-22-,26-25-,29-28-,31-20+,34-32-,39-37+,47-45+. The molecule has 1 amide bonds. The Morgan fingerprint density at radius 3 is 1.25 bits per heavy atom. The monoisotopic (exact) mass is 772 g/mol. The van der Waals surface area contributed by atoms with E-state index in [0.717, 1.165) is 96.3 Å². The van der Waals surface area contributed by atoms with Crippen molar-refractivity contribution in [2.45, 2.75) is 193 Å². The fourth-order valence-corrected chi connectivity index (χ4v) is 5.95. The number of unbranched alkanes of at least 4 members (excludes halogenated alkanes) is 14. The molecule has 316 valence electrons. The summed E-state index contributed by atoms with van der Waals surface area (Å²) in [6.45, 7) is 4.15. The van der Waals surface area contributed by atoms with Crippen LogP contribution in [-0.4, -0.2) is 34.9 Å². The number of nitrogens with one attached hydrogen (secondary N) is 1. The molecule has 0 heterocycles. The maximum atomic E-state index is 12.4. The van der Waals surface area contributed by atoms with Crippen molar-refractivity contribution in [1.82, 2.24) is 5.32 Å². The fourth-order valence-electron chi connectivity index (χ4n) is 5.95. The highest BCUT2D eigenvalue weighted by molar-refractivity contribution is 5.76. The van der Waals surface area contributed by atoms with E-state index in [1.165, 1.54) is 64.2 Å². The van der Waals surface area contributed by atoms with Crippen molar-refractivity contribution in [1.29, 1.82) is 0 Å². The zero-order chi connectivity index (χ0) is 40.7. The summed E-state index contributed by atoms with van der Waals surface area (Å²) >= 11 is 0. The summed E-state index contributed by atoms with van der Waals surface area (Å²) in [6.07, 6.45) is 71.6. The molecule has 2 atom stereocenters. The number of amides is 1. The first-order valence-electron chi connectivity index (χ1n) is 22.7. The summed E-state index contributed by atoms with van der Waals surface area (Å²) in [5.74, 6) is -0.103. The third kappa shape index (κ3) is 41.9. The smallest absolute Gasteiger partial charge is 0.220 e. The largest absolute Gasteiger partial charge is 0.394 e. The van der Waals surface area contributed by atoms with E-state index < -0.39 is 12.1 Å². The van der Waals surface area contributed by atoms with Gasteiger partial charge in [-0.3, -0.25) is 4.79 Å². The van der Waals surface area contributed by atoms with Crippen LogP contribution in [0.25, 0.3) is 0 Å². The molecule has 0 saturated carbocycles. The van der Waals surface area contributed by atoms with Crippen molar-refractivity contribution >= 4 is 5.91 Å². The summed E-state index contributed by atoms with van der Waals surface area (Å²) in [5, 5.41) is 23.0. The Labute approximate surface area is 346 Å². The van der Waals surface area contributed by atoms with Gasteiger partial charge in [0.15, 0.2) is 0 Å². The van der Waals surface area contributed by atoms with Gasteiger partial charge in [0, 0.05) is 6.42 Å². The Morgan fingerprint density at radius 2 is 0.804 bits per heavy atom. The number of hydrogen-bond donors (Lipinski definition) is 3. The fraction of sp³-hybridized carbons (Fsp3) is 0.596. The minimum Gasteiger partial charge on any atom is -0.394 e. The Balaban J connectivity index is 3.75. The Hall–Kier alpha value is -3.21. The molecular formula is C52H85NO3. The summed E-state index contributed by atoms with van der Waals surface area (Å²) in [6, 6.07) is -0.665. The number of carbonyl (C=O) groups is 1. The lowest BCUT2D eigenvalue weighted by Crippen LogP contribution is -2.45. The Bertz CT molecular complexity index is 1150. The van der Waals surface area contributed by atoms with Crippen molar-refractivity contribution in [3.05, 3.63) is 122 Å². The van der Waals surface area contributed by atoms with E-state index in [1.807, 2.05) is 6.08 Å². The first-order valence-corrected chi connectivity index (χ1v) is 22.7. The Kier molecular flexibility index (Phi) is 43.5. The summed E-state index contributed by atoms with van der Waals surface area (Å²) in [4.78, 5) is 12.4. The SMILES string of the molecule is CC/C=C\C/C=C\C/C=C\C/C=C\C/C=C\C/C=C\C/C=C\CCCCCCCC(=O)NC(CO)C(O)/C=C/CC/C=C/CC/C=C/CCCCCCCCC. The molecule has 4 heteroatoms. The average molecular weight is 772 g/mol. The van der Waals surface area contributed by atoms with E-state index in [-0.39, 0.29) is 12.5 Å². The molecule has 56 heavy (non-hydrogen) atoms. The third-order valence-electron chi connectivity index (χ3n) is 9.41. The van der Waals surface area contributed by atoms with Gasteiger partial charge in [0.2, 0.25) is 5.91 Å². The van der Waals surface area contributed by atoms with Crippen LogP contribution in [0.15, 0.2) is 122 Å². The lowest BCUT2D eigenvalue weighted by atomic mass is 10.1. The van der Waals surface area contributed by atoms with Gasteiger partial charge in [0.25, 0.3) is 0 Å². The molecule has 2 unspecified atom stereocenters. The molecular weight excluding hydrogens is 687 g/mol. The second-order valence-electron chi connectivity index (χ2n) is 14.7. The molecule has 0 aliphatic carbocycles. The van der Waals surface area contributed by atoms with Crippen molar-refractivity contribution in [2.24, 2.45) is 0 Å². The van der Waals surface area contributed by atoms with Gasteiger partial charge in [0.05, 0.1) is 18.8 Å². The second kappa shape index (κ2) is 46.2. The van der Waals surface area contributed by atoms with Crippen LogP contribution in [0, 0.1) is 0 Å². The highest BCUT2D eigenvalue weighted by Gasteiger charge is 2.17. The number of hydrogen-bond acceptors (Lipinski definition) is 3. The van der Waals surface area contributed by atoms with E-state index >= 15 is 0 Å². The predicted octanol–water partition coefficient (Wildman–Crippen LogP) is 14.6. The zero-order valence-electron chi connectivity index (χ0n) is 36.1. The van der Waals surface area contributed by atoms with Gasteiger partial charge in [0.1, 0.15) is 0 Å². The van der Waals surface area contributed by atoms with E-state index in [4.69, 9.17) is 0 Å². The summed E-state index contributed by atoms with van der Waals surface area (Å²) in [5.41, 5.74) is 0. The van der Waals surface area contributed by atoms with Crippen molar-refractivity contribution in [3.8, 4) is 0 Å². The van der Waals surface area contributed by atoms with Gasteiger partial charge in [-0.25, -0.2) is 0 Å². The molecule has 0 aromatic rings. The first kappa shape index (κ1) is 52.8. The average Bonchev–Trinajstić information content (AvgIpc) is 3.20. The molecule has 0 saturated heterocycles. The van der Waals surface area contributed by atoms with Crippen molar-refractivity contribution in [3.63, 3.8) is 0 Å². The van der Waals surface area contributed by atoms with Gasteiger partial charge >= 0.3 is 0 Å².